The highest BCUT2D eigenvalue weighted by molar-refractivity contribution is 5.98. The second-order valence-electron chi connectivity index (χ2n) is 8.47. The molecule has 1 aromatic carbocycles. The van der Waals surface area contributed by atoms with Gasteiger partial charge in [-0.1, -0.05) is 32.9 Å². The Balaban J connectivity index is 1.49. The Morgan fingerprint density at radius 2 is 2.00 bits per heavy atom. The van der Waals surface area contributed by atoms with Gasteiger partial charge in [0.15, 0.2) is 12.4 Å². The van der Waals surface area contributed by atoms with Gasteiger partial charge >= 0.3 is 0 Å². The molecule has 1 aliphatic heterocycles. The number of pyridine rings is 1. The lowest BCUT2D eigenvalue weighted by molar-refractivity contribution is -0.121. The lowest BCUT2D eigenvalue weighted by atomic mass is 9.86. The van der Waals surface area contributed by atoms with Crippen molar-refractivity contribution in [2.24, 2.45) is 0 Å². The molecule has 0 atom stereocenters. The summed E-state index contributed by atoms with van der Waals surface area (Å²) in [6.45, 7) is 6.85. The van der Waals surface area contributed by atoms with Gasteiger partial charge in [0.25, 0.3) is 11.8 Å². The van der Waals surface area contributed by atoms with E-state index in [1.54, 1.807) is 23.2 Å². The van der Waals surface area contributed by atoms with Crippen molar-refractivity contribution in [2.75, 3.05) is 11.5 Å². The lowest BCUT2D eigenvalue weighted by Crippen LogP contribution is -2.38. The first-order valence-electron chi connectivity index (χ1n) is 10.2. The smallest absolute Gasteiger partial charge is 0.287 e. The Hall–Kier alpha value is -3.61. The third-order valence-electron chi connectivity index (χ3n) is 5.12. The van der Waals surface area contributed by atoms with Crippen molar-refractivity contribution in [1.82, 2.24) is 10.3 Å². The average molecular weight is 419 g/mol. The van der Waals surface area contributed by atoms with Crippen molar-refractivity contribution in [2.45, 2.75) is 39.3 Å². The Labute approximate surface area is 181 Å². The molecule has 31 heavy (non-hydrogen) atoms. The number of fused-ring (bicyclic) bond motifs is 1. The van der Waals surface area contributed by atoms with Gasteiger partial charge in [-0.05, 0) is 47.4 Å². The van der Waals surface area contributed by atoms with Gasteiger partial charge in [0, 0.05) is 6.20 Å². The molecule has 3 heterocycles. The highest BCUT2D eigenvalue weighted by Gasteiger charge is 2.28. The van der Waals surface area contributed by atoms with E-state index >= 15 is 0 Å². The summed E-state index contributed by atoms with van der Waals surface area (Å²) in [6, 6.07) is 14.7. The highest BCUT2D eigenvalue weighted by atomic mass is 16.5. The number of nitrogens with one attached hydrogen (secondary N) is 1. The molecule has 7 heteroatoms. The van der Waals surface area contributed by atoms with Gasteiger partial charge in [-0.25, -0.2) is 0 Å². The lowest BCUT2D eigenvalue weighted by Gasteiger charge is -2.30. The Morgan fingerprint density at radius 3 is 2.74 bits per heavy atom. The van der Waals surface area contributed by atoms with E-state index in [1.807, 2.05) is 36.4 Å². The topological polar surface area (TPSA) is 84.7 Å². The average Bonchev–Trinajstić information content (AvgIpc) is 3.22. The number of amides is 2. The first-order chi connectivity index (χ1) is 14.8. The zero-order valence-electron chi connectivity index (χ0n) is 17.8. The number of carbonyl (C=O) groups is 2. The first kappa shape index (κ1) is 20.7. The van der Waals surface area contributed by atoms with E-state index in [9.17, 15) is 9.59 Å². The van der Waals surface area contributed by atoms with E-state index < -0.39 is 0 Å². The molecule has 0 bridgehead atoms. The Kier molecular flexibility index (Phi) is 5.50. The predicted molar refractivity (Wildman–Crippen MR) is 116 cm³/mol. The van der Waals surface area contributed by atoms with Crippen molar-refractivity contribution in [3.63, 3.8) is 0 Å². The van der Waals surface area contributed by atoms with Gasteiger partial charge in [-0.3, -0.25) is 19.5 Å². The number of ether oxygens (including phenoxy) is 1. The van der Waals surface area contributed by atoms with Crippen LogP contribution in [0, 0.1) is 0 Å². The van der Waals surface area contributed by atoms with Crippen LogP contribution in [0.2, 0.25) is 0 Å². The molecular formula is C24H25N3O4. The van der Waals surface area contributed by atoms with E-state index in [4.69, 9.17) is 9.15 Å². The molecule has 0 spiro atoms. The van der Waals surface area contributed by atoms with Crippen LogP contribution in [0.5, 0.6) is 5.75 Å². The van der Waals surface area contributed by atoms with E-state index in [0.29, 0.717) is 23.7 Å². The summed E-state index contributed by atoms with van der Waals surface area (Å²) in [5.41, 5.74) is 2.50. The van der Waals surface area contributed by atoms with E-state index in [-0.39, 0.29) is 36.1 Å². The standard InChI is InChI=1S/C24H25N3O4/c1-24(2,3)16-7-9-20-19(12-16)27(22(28)15-30-20)14-18-8-10-21(31-18)23(29)26-13-17-6-4-5-11-25-17/h4-12H,13-15H2,1-3H3,(H,26,29). The van der Waals surface area contributed by atoms with Crippen molar-refractivity contribution < 1.29 is 18.7 Å². The second-order valence-corrected chi connectivity index (χ2v) is 8.47. The molecule has 1 aliphatic rings. The molecule has 1 N–H and O–H groups in total. The van der Waals surface area contributed by atoms with Gasteiger partial charge in [0.1, 0.15) is 11.5 Å². The number of carbonyl (C=O) groups excluding carboxylic acids is 2. The number of rotatable bonds is 5. The maximum Gasteiger partial charge on any atom is 0.287 e. The van der Waals surface area contributed by atoms with Gasteiger partial charge in [-0.15, -0.1) is 0 Å². The summed E-state index contributed by atoms with van der Waals surface area (Å²) >= 11 is 0. The molecule has 0 saturated carbocycles. The minimum atomic E-state index is -0.333. The molecule has 7 nitrogen and oxygen atoms in total. The van der Waals surface area contributed by atoms with Crippen LogP contribution in [0.4, 0.5) is 5.69 Å². The summed E-state index contributed by atoms with van der Waals surface area (Å²) in [4.78, 5) is 30.8. The summed E-state index contributed by atoms with van der Waals surface area (Å²) < 4.78 is 11.3. The molecule has 0 unspecified atom stereocenters. The molecule has 0 aliphatic carbocycles. The molecule has 160 valence electrons. The number of nitrogens with zero attached hydrogens (tertiary/aromatic N) is 2. The fourth-order valence-electron chi connectivity index (χ4n) is 3.34. The minimum Gasteiger partial charge on any atom is -0.482 e. The van der Waals surface area contributed by atoms with E-state index in [2.05, 4.69) is 31.1 Å². The summed E-state index contributed by atoms with van der Waals surface area (Å²) in [6.07, 6.45) is 1.68. The van der Waals surface area contributed by atoms with Crippen LogP contribution >= 0.6 is 0 Å². The number of benzene rings is 1. The quantitative estimate of drug-likeness (QED) is 0.679. The van der Waals surface area contributed by atoms with Crippen LogP contribution in [-0.4, -0.2) is 23.4 Å². The molecule has 2 aromatic heterocycles. The van der Waals surface area contributed by atoms with Crippen molar-refractivity contribution in [3.8, 4) is 5.75 Å². The van der Waals surface area contributed by atoms with Gasteiger partial charge in [0.2, 0.25) is 0 Å². The third kappa shape index (κ3) is 4.60. The molecular weight excluding hydrogens is 394 g/mol. The van der Waals surface area contributed by atoms with Crippen molar-refractivity contribution >= 4 is 17.5 Å². The van der Waals surface area contributed by atoms with Crippen LogP contribution in [0.25, 0.3) is 0 Å². The van der Waals surface area contributed by atoms with Crippen LogP contribution < -0.4 is 15.0 Å². The first-order valence-corrected chi connectivity index (χ1v) is 10.2. The van der Waals surface area contributed by atoms with Crippen molar-refractivity contribution in [1.29, 1.82) is 0 Å². The fourth-order valence-corrected chi connectivity index (χ4v) is 3.34. The minimum absolute atomic E-state index is 0.0278. The zero-order valence-corrected chi connectivity index (χ0v) is 17.8. The number of furan rings is 1. The van der Waals surface area contributed by atoms with E-state index in [0.717, 1.165) is 11.3 Å². The van der Waals surface area contributed by atoms with Crippen LogP contribution in [0.15, 0.2) is 59.1 Å². The van der Waals surface area contributed by atoms with Gasteiger partial charge in [-0.2, -0.15) is 0 Å². The second kappa shape index (κ2) is 8.26. The maximum atomic E-state index is 12.6. The highest BCUT2D eigenvalue weighted by Crippen LogP contribution is 2.37. The summed E-state index contributed by atoms with van der Waals surface area (Å²) in [7, 11) is 0. The zero-order chi connectivity index (χ0) is 22.0. The van der Waals surface area contributed by atoms with Crippen molar-refractivity contribution in [3.05, 3.63) is 77.5 Å². The number of hydrogen-bond donors (Lipinski definition) is 1. The predicted octanol–water partition coefficient (Wildman–Crippen LogP) is 3.83. The molecule has 2 amide bonds. The fraction of sp³-hybridized carbons (Fsp3) is 0.292. The maximum absolute atomic E-state index is 12.6. The normalized spacial score (nSPS) is 13.5. The van der Waals surface area contributed by atoms with Gasteiger partial charge in [0.05, 0.1) is 24.5 Å². The largest absolute Gasteiger partial charge is 0.482 e. The van der Waals surface area contributed by atoms with Crippen LogP contribution in [-0.2, 0) is 23.3 Å². The van der Waals surface area contributed by atoms with Crippen LogP contribution in [0.3, 0.4) is 0 Å². The monoisotopic (exact) mass is 419 g/mol. The third-order valence-corrected chi connectivity index (χ3v) is 5.12. The number of hydrogen-bond acceptors (Lipinski definition) is 5. The molecule has 0 fully saturated rings. The number of aromatic nitrogens is 1. The Morgan fingerprint density at radius 1 is 1.16 bits per heavy atom. The molecule has 3 aromatic rings. The molecule has 0 saturated heterocycles. The summed E-state index contributed by atoms with van der Waals surface area (Å²) in [5.74, 6) is 0.880. The van der Waals surface area contributed by atoms with Crippen LogP contribution in [0.1, 0.15) is 48.3 Å². The number of anilines is 1. The van der Waals surface area contributed by atoms with Gasteiger partial charge < -0.3 is 14.5 Å². The molecule has 0 radical (unpaired) electrons. The Bertz CT molecular complexity index is 1100. The molecule has 4 rings (SSSR count). The summed E-state index contributed by atoms with van der Waals surface area (Å²) in [5, 5.41) is 2.78. The van der Waals surface area contributed by atoms with E-state index in [1.165, 1.54) is 0 Å². The SMILES string of the molecule is CC(C)(C)c1ccc2c(c1)N(Cc1ccc(C(=O)NCc3ccccn3)o1)C(=O)CO2.